The van der Waals surface area contributed by atoms with E-state index < -0.39 is 10.0 Å². The molecule has 1 aliphatic heterocycles. The van der Waals surface area contributed by atoms with E-state index in [1.165, 1.54) is 0 Å². The number of aryl methyl sites for hydroxylation is 1. The van der Waals surface area contributed by atoms with Crippen LogP contribution in [-0.2, 0) is 10.0 Å². The minimum Gasteiger partial charge on any atom is -0.318 e. The second-order valence-corrected chi connectivity index (χ2v) is 7.17. The number of hydrogen-bond acceptors (Lipinski definition) is 3. The lowest BCUT2D eigenvalue weighted by atomic mass is 10.2. The normalized spacial score (nSPS) is 20.9. The van der Waals surface area contributed by atoms with Gasteiger partial charge in [0.2, 0.25) is 10.0 Å². The lowest BCUT2D eigenvalue weighted by Gasteiger charge is -2.24. The maximum absolute atomic E-state index is 12.7. The molecule has 0 amide bonds. The first-order valence-corrected chi connectivity index (χ1v) is 8.21. The van der Waals surface area contributed by atoms with Crippen LogP contribution in [0.2, 0.25) is 5.02 Å². The Morgan fingerprint density at radius 3 is 2.84 bits per heavy atom. The summed E-state index contributed by atoms with van der Waals surface area (Å²) < 4.78 is 26.9. The Morgan fingerprint density at radius 2 is 2.21 bits per heavy atom. The van der Waals surface area contributed by atoms with Gasteiger partial charge in [-0.3, -0.25) is 0 Å². The van der Waals surface area contributed by atoms with Gasteiger partial charge < -0.3 is 5.32 Å². The highest BCUT2D eigenvalue weighted by atomic mass is 35.5. The lowest BCUT2D eigenvalue weighted by molar-refractivity contribution is 0.379. The van der Waals surface area contributed by atoms with Crippen molar-refractivity contribution in [2.45, 2.75) is 30.7 Å². The van der Waals surface area contributed by atoms with E-state index in [1.54, 1.807) is 22.5 Å². The molecular formula is C13H19ClN2O2S. The SMILES string of the molecule is CNC[C@@H]1CCCN1S(=O)(=O)c1ccc(C)cc1Cl. The predicted octanol–water partition coefficient (Wildman–Crippen LogP) is 2.02. The number of nitrogens with zero attached hydrogens (tertiary/aromatic N) is 1. The molecular weight excluding hydrogens is 284 g/mol. The third-order valence-electron chi connectivity index (χ3n) is 3.44. The van der Waals surface area contributed by atoms with Crippen molar-refractivity contribution in [1.29, 1.82) is 0 Å². The number of hydrogen-bond donors (Lipinski definition) is 1. The van der Waals surface area contributed by atoms with Crippen molar-refractivity contribution < 1.29 is 8.42 Å². The zero-order valence-electron chi connectivity index (χ0n) is 11.2. The molecule has 1 fully saturated rings. The largest absolute Gasteiger partial charge is 0.318 e. The molecule has 1 heterocycles. The summed E-state index contributed by atoms with van der Waals surface area (Å²) >= 11 is 6.10. The monoisotopic (exact) mass is 302 g/mol. The number of sulfonamides is 1. The standard InChI is InChI=1S/C13H19ClN2O2S/c1-10-5-6-13(12(14)8-10)19(17,18)16-7-3-4-11(16)9-15-2/h5-6,8,11,15H,3-4,7,9H2,1-2H3/t11-/m0/s1. The Kier molecular flexibility index (Phi) is 4.50. The molecule has 0 aliphatic carbocycles. The highest BCUT2D eigenvalue weighted by Crippen LogP contribution is 2.30. The van der Waals surface area contributed by atoms with Crippen molar-refractivity contribution in [1.82, 2.24) is 9.62 Å². The first kappa shape index (κ1) is 14.8. The summed E-state index contributed by atoms with van der Waals surface area (Å²) in [6.45, 7) is 3.13. The quantitative estimate of drug-likeness (QED) is 0.926. The van der Waals surface area contributed by atoms with E-state index in [-0.39, 0.29) is 10.9 Å². The summed E-state index contributed by atoms with van der Waals surface area (Å²) in [5.74, 6) is 0. The third-order valence-corrected chi connectivity index (χ3v) is 5.87. The topological polar surface area (TPSA) is 49.4 Å². The number of nitrogens with one attached hydrogen (secondary N) is 1. The summed E-state index contributed by atoms with van der Waals surface area (Å²) in [6.07, 6.45) is 1.79. The Bertz CT molecular complexity index is 560. The maximum Gasteiger partial charge on any atom is 0.244 e. The molecule has 0 spiro atoms. The van der Waals surface area contributed by atoms with E-state index in [2.05, 4.69) is 5.32 Å². The van der Waals surface area contributed by atoms with Crippen LogP contribution in [0.3, 0.4) is 0 Å². The average Bonchev–Trinajstić information content (AvgIpc) is 2.78. The molecule has 1 saturated heterocycles. The maximum atomic E-state index is 12.7. The minimum absolute atomic E-state index is 0.0207. The van der Waals surface area contributed by atoms with Crippen molar-refractivity contribution in [2.24, 2.45) is 0 Å². The molecule has 4 nitrogen and oxygen atoms in total. The Balaban J connectivity index is 2.36. The summed E-state index contributed by atoms with van der Waals surface area (Å²) in [5, 5.41) is 3.35. The first-order valence-electron chi connectivity index (χ1n) is 6.39. The van der Waals surface area contributed by atoms with Gasteiger partial charge in [-0.15, -0.1) is 0 Å². The molecule has 19 heavy (non-hydrogen) atoms. The van der Waals surface area contributed by atoms with E-state index in [1.807, 2.05) is 14.0 Å². The number of benzene rings is 1. The number of halogens is 1. The van der Waals surface area contributed by atoms with Crippen LogP contribution in [0.1, 0.15) is 18.4 Å². The van der Waals surface area contributed by atoms with Crippen molar-refractivity contribution in [3.05, 3.63) is 28.8 Å². The molecule has 1 aromatic carbocycles. The second-order valence-electron chi connectivity index (χ2n) is 4.90. The highest BCUT2D eigenvalue weighted by molar-refractivity contribution is 7.89. The van der Waals surface area contributed by atoms with E-state index in [9.17, 15) is 8.42 Å². The van der Waals surface area contributed by atoms with Crippen molar-refractivity contribution in [3.8, 4) is 0 Å². The van der Waals surface area contributed by atoms with Crippen LogP contribution >= 0.6 is 11.6 Å². The fourth-order valence-corrected chi connectivity index (χ4v) is 4.77. The molecule has 1 aliphatic rings. The van der Waals surface area contributed by atoms with Crippen molar-refractivity contribution in [2.75, 3.05) is 20.1 Å². The molecule has 0 bridgehead atoms. The van der Waals surface area contributed by atoms with Gasteiger partial charge in [-0.05, 0) is 44.5 Å². The van der Waals surface area contributed by atoms with Gasteiger partial charge in [0, 0.05) is 19.1 Å². The average molecular weight is 303 g/mol. The molecule has 106 valence electrons. The summed E-state index contributed by atoms with van der Waals surface area (Å²) in [7, 11) is -1.66. The summed E-state index contributed by atoms with van der Waals surface area (Å²) in [6, 6.07) is 5.09. The molecule has 1 N–H and O–H groups in total. The molecule has 1 aromatic rings. The van der Waals surface area contributed by atoms with Crippen LogP contribution < -0.4 is 5.32 Å². The van der Waals surface area contributed by atoms with Crippen LogP contribution in [0.5, 0.6) is 0 Å². The van der Waals surface area contributed by atoms with Gasteiger partial charge in [0.1, 0.15) is 4.90 Å². The van der Waals surface area contributed by atoms with Crippen LogP contribution in [0, 0.1) is 6.92 Å². The van der Waals surface area contributed by atoms with Crippen LogP contribution in [0.15, 0.2) is 23.1 Å². The summed E-state index contributed by atoms with van der Waals surface area (Å²) in [4.78, 5) is 0.211. The van der Waals surface area contributed by atoms with Gasteiger partial charge in [-0.1, -0.05) is 17.7 Å². The Hall–Kier alpha value is -0.620. The van der Waals surface area contributed by atoms with Crippen LogP contribution in [0.25, 0.3) is 0 Å². The van der Waals surface area contributed by atoms with E-state index >= 15 is 0 Å². The van der Waals surface area contributed by atoms with Gasteiger partial charge >= 0.3 is 0 Å². The van der Waals surface area contributed by atoms with Crippen LogP contribution in [0.4, 0.5) is 0 Å². The molecule has 1 atom stereocenters. The Morgan fingerprint density at radius 1 is 1.47 bits per heavy atom. The first-order chi connectivity index (χ1) is 8.96. The van der Waals surface area contributed by atoms with Gasteiger partial charge in [0.05, 0.1) is 5.02 Å². The fraction of sp³-hybridized carbons (Fsp3) is 0.538. The Labute approximate surface area is 119 Å². The smallest absolute Gasteiger partial charge is 0.244 e. The molecule has 0 saturated carbocycles. The van der Waals surface area contributed by atoms with Crippen molar-refractivity contribution >= 4 is 21.6 Å². The van der Waals surface area contributed by atoms with E-state index in [0.717, 1.165) is 18.4 Å². The van der Waals surface area contributed by atoms with Crippen molar-refractivity contribution in [3.63, 3.8) is 0 Å². The molecule has 2 rings (SSSR count). The van der Waals surface area contributed by atoms with Gasteiger partial charge in [-0.2, -0.15) is 4.31 Å². The molecule has 0 unspecified atom stereocenters. The lowest BCUT2D eigenvalue weighted by Crippen LogP contribution is -2.40. The number of likely N-dealkylation sites (N-methyl/N-ethyl adjacent to an activating group) is 1. The van der Waals surface area contributed by atoms with Gasteiger partial charge in [0.25, 0.3) is 0 Å². The number of rotatable bonds is 4. The molecule has 6 heteroatoms. The zero-order chi connectivity index (χ0) is 14.0. The molecule has 0 aromatic heterocycles. The van der Waals surface area contributed by atoms with Gasteiger partial charge in [0.15, 0.2) is 0 Å². The predicted molar refractivity (Wildman–Crippen MR) is 77.0 cm³/mol. The fourth-order valence-electron chi connectivity index (χ4n) is 2.51. The zero-order valence-corrected chi connectivity index (χ0v) is 12.8. The molecule has 0 radical (unpaired) electrons. The minimum atomic E-state index is -3.50. The van der Waals surface area contributed by atoms with E-state index in [4.69, 9.17) is 11.6 Å². The highest BCUT2D eigenvalue weighted by Gasteiger charge is 2.35. The second kappa shape index (κ2) is 5.79. The third kappa shape index (κ3) is 2.94. The van der Waals surface area contributed by atoms with E-state index in [0.29, 0.717) is 18.1 Å². The van der Waals surface area contributed by atoms with Crippen LogP contribution in [-0.4, -0.2) is 38.9 Å². The summed E-state index contributed by atoms with van der Waals surface area (Å²) in [5.41, 5.74) is 0.956. The van der Waals surface area contributed by atoms with Gasteiger partial charge in [-0.25, -0.2) is 8.42 Å².